The average Bonchev–Trinajstić information content (AvgIpc) is 2.81. The molecule has 0 saturated heterocycles. The Morgan fingerprint density at radius 3 is 2.50 bits per heavy atom. The average molecular weight is 306 g/mol. The zero-order valence-corrected chi connectivity index (χ0v) is 13.5. The summed E-state index contributed by atoms with van der Waals surface area (Å²) in [5.74, 6) is 1.45. The molecule has 0 atom stereocenters. The lowest BCUT2D eigenvalue weighted by atomic mass is 10.1. The summed E-state index contributed by atoms with van der Waals surface area (Å²) < 4.78 is 10.5. The van der Waals surface area contributed by atoms with E-state index in [0.717, 1.165) is 24.3 Å². The molecule has 0 heterocycles. The van der Waals surface area contributed by atoms with Gasteiger partial charge in [-0.1, -0.05) is 25.7 Å². The fraction of sp³-hybridized carbons (Fsp3) is 0.588. The number of hydrogen-bond acceptors (Lipinski definition) is 4. The van der Waals surface area contributed by atoms with Crippen molar-refractivity contribution < 1.29 is 14.3 Å². The molecule has 1 fully saturated rings. The van der Waals surface area contributed by atoms with Gasteiger partial charge in [0.15, 0.2) is 0 Å². The number of amides is 1. The van der Waals surface area contributed by atoms with Crippen LogP contribution in [0.2, 0.25) is 0 Å². The van der Waals surface area contributed by atoms with Crippen molar-refractivity contribution in [3.05, 3.63) is 18.2 Å². The van der Waals surface area contributed by atoms with Gasteiger partial charge in [-0.25, -0.2) is 0 Å². The molecule has 1 amide bonds. The predicted octanol–water partition coefficient (Wildman–Crippen LogP) is 2.95. The van der Waals surface area contributed by atoms with E-state index in [0.29, 0.717) is 11.8 Å². The minimum Gasteiger partial charge on any atom is -0.497 e. The Balaban J connectivity index is 1.87. The van der Waals surface area contributed by atoms with E-state index < -0.39 is 0 Å². The molecule has 1 aliphatic rings. The minimum atomic E-state index is 0.0248. The number of rotatable bonds is 6. The maximum atomic E-state index is 12.1. The monoisotopic (exact) mass is 306 g/mol. The molecular formula is C17H26N2O3. The number of nitrogens with one attached hydrogen (secondary N) is 2. The lowest BCUT2D eigenvalue weighted by Crippen LogP contribution is -2.38. The zero-order valence-electron chi connectivity index (χ0n) is 13.5. The lowest BCUT2D eigenvalue weighted by molar-refractivity contribution is -0.120. The molecule has 0 aromatic heterocycles. The number of benzene rings is 1. The van der Waals surface area contributed by atoms with Gasteiger partial charge >= 0.3 is 0 Å². The summed E-state index contributed by atoms with van der Waals surface area (Å²) in [6.45, 7) is 0.236. The summed E-state index contributed by atoms with van der Waals surface area (Å²) >= 11 is 0. The molecular weight excluding hydrogens is 280 g/mol. The lowest BCUT2D eigenvalue weighted by Gasteiger charge is -2.17. The second kappa shape index (κ2) is 8.51. The fourth-order valence-corrected chi connectivity index (χ4v) is 2.83. The highest BCUT2D eigenvalue weighted by atomic mass is 16.5. The summed E-state index contributed by atoms with van der Waals surface area (Å²) in [6.07, 6.45) is 7.17. The Morgan fingerprint density at radius 1 is 1.14 bits per heavy atom. The number of anilines is 1. The molecule has 0 bridgehead atoms. The molecule has 0 aliphatic heterocycles. The predicted molar refractivity (Wildman–Crippen MR) is 87.7 cm³/mol. The van der Waals surface area contributed by atoms with Crippen LogP contribution in [0.3, 0.4) is 0 Å². The summed E-state index contributed by atoms with van der Waals surface area (Å²) in [6, 6.07) is 5.81. The normalized spacial score (nSPS) is 15.7. The van der Waals surface area contributed by atoms with Crippen molar-refractivity contribution in [3.63, 3.8) is 0 Å². The fourth-order valence-electron chi connectivity index (χ4n) is 2.83. The molecule has 0 spiro atoms. The van der Waals surface area contributed by atoms with Gasteiger partial charge in [0.25, 0.3) is 0 Å². The molecule has 1 saturated carbocycles. The van der Waals surface area contributed by atoms with Crippen LogP contribution in [0.1, 0.15) is 38.5 Å². The quantitative estimate of drug-likeness (QED) is 0.793. The molecule has 0 unspecified atom stereocenters. The molecule has 1 aromatic rings. The smallest absolute Gasteiger partial charge is 0.239 e. The Hall–Kier alpha value is -1.91. The topological polar surface area (TPSA) is 59.6 Å². The first-order chi connectivity index (χ1) is 10.7. The largest absolute Gasteiger partial charge is 0.497 e. The maximum Gasteiger partial charge on any atom is 0.239 e. The van der Waals surface area contributed by atoms with Crippen LogP contribution in [0.5, 0.6) is 11.5 Å². The van der Waals surface area contributed by atoms with Gasteiger partial charge in [-0.15, -0.1) is 0 Å². The molecule has 5 heteroatoms. The van der Waals surface area contributed by atoms with E-state index in [9.17, 15) is 4.79 Å². The Kier molecular flexibility index (Phi) is 6.37. The first-order valence-corrected chi connectivity index (χ1v) is 7.98. The third kappa shape index (κ3) is 4.83. The number of hydrogen-bond donors (Lipinski definition) is 2. The van der Waals surface area contributed by atoms with Crippen LogP contribution in [-0.2, 0) is 4.79 Å². The van der Waals surface area contributed by atoms with Crippen molar-refractivity contribution in [1.82, 2.24) is 5.32 Å². The highest BCUT2D eigenvalue weighted by Gasteiger charge is 2.15. The summed E-state index contributed by atoms with van der Waals surface area (Å²) in [5, 5.41) is 6.25. The van der Waals surface area contributed by atoms with Crippen molar-refractivity contribution in [2.75, 3.05) is 26.1 Å². The van der Waals surface area contributed by atoms with Crippen molar-refractivity contribution in [2.45, 2.75) is 44.6 Å². The van der Waals surface area contributed by atoms with Gasteiger partial charge < -0.3 is 20.1 Å². The van der Waals surface area contributed by atoms with E-state index in [1.54, 1.807) is 14.2 Å². The number of carbonyl (C=O) groups excluding carboxylic acids is 1. The highest BCUT2D eigenvalue weighted by Crippen LogP contribution is 2.28. The molecule has 0 radical (unpaired) electrons. The van der Waals surface area contributed by atoms with Gasteiger partial charge in [0.1, 0.15) is 11.5 Å². The SMILES string of the molecule is COc1ccc(OC)c(NCC(=O)NC2CCCCCC2)c1. The molecule has 5 nitrogen and oxygen atoms in total. The Labute approximate surface area is 132 Å². The van der Waals surface area contributed by atoms with Gasteiger partial charge in [-0.3, -0.25) is 4.79 Å². The first-order valence-electron chi connectivity index (χ1n) is 7.98. The van der Waals surface area contributed by atoms with Crippen LogP contribution in [0.4, 0.5) is 5.69 Å². The maximum absolute atomic E-state index is 12.1. The van der Waals surface area contributed by atoms with Crippen molar-refractivity contribution >= 4 is 11.6 Å². The molecule has 1 aliphatic carbocycles. The molecule has 2 rings (SSSR count). The van der Waals surface area contributed by atoms with Gasteiger partial charge in [0.05, 0.1) is 26.5 Å². The summed E-state index contributed by atoms with van der Waals surface area (Å²) in [7, 11) is 3.23. The van der Waals surface area contributed by atoms with Crippen LogP contribution in [0.15, 0.2) is 18.2 Å². The minimum absolute atomic E-state index is 0.0248. The van der Waals surface area contributed by atoms with E-state index in [1.807, 2.05) is 18.2 Å². The van der Waals surface area contributed by atoms with Gasteiger partial charge in [-0.05, 0) is 25.0 Å². The third-order valence-corrected chi connectivity index (χ3v) is 4.07. The molecule has 22 heavy (non-hydrogen) atoms. The molecule has 2 N–H and O–H groups in total. The Morgan fingerprint density at radius 2 is 1.86 bits per heavy atom. The number of ether oxygens (including phenoxy) is 2. The van der Waals surface area contributed by atoms with Crippen LogP contribution in [0, 0.1) is 0 Å². The van der Waals surface area contributed by atoms with E-state index in [-0.39, 0.29) is 12.5 Å². The first kappa shape index (κ1) is 16.5. The van der Waals surface area contributed by atoms with E-state index in [2.05, 4.69) is 10.6 Å². The van der Waals surface area contributed by atoms with E-state index >= 15 is 0 Å². The van der Waals surface area contributed by atoms with E-state index in [4.69, 9.17) is 9.47 Å². The number of methoxy groups -OCH3 is 2. The number of carbonyl (C=O) groups is 1. The zero-order chi connectivity index (χ0) is 15.8. The second-order valence-electron chi connectivity index (χ2n) is 5.68. The van der Waals surface area contributed by atoms with Gasteiger partial charge in [0.2, 0.25) is 5.91 Å². The highest BCUT2D eigenvalue weighted by molar-refractivity contribution is 5.81. The summed E-state index contributed by atoms with van der Waals surface area (Å²) in [5.41, 5.74) is 0.762. The van der Waals surface area contributed by atoms with Crippen LogP contribution >= 0.6 is 0 Å². The van der Waals surface area contributed by atoms with Crippen LogP contribution < -0.4 is 20.1 Å². The molecule has 1 aromatic carbocycles. The van der Waals surface area contributed by atoms with Crippen LogP contribution in [-0.4, -0.2) is 32.7 Å². The van der Waals surface area contributed by atoms with Crippen LogP contribution in [0.25, 0.3) is 0 Å². The van der Waals surface area contributed by atoms with Crippen molar-refractivity contribution in [1.29, 1.82) is 0 Å². The van der Waals surface area contributed by atoms with E-state index in [1.165, 1.54) is 25.7 Å². The van der Waals surface area contributed by atoms with Crippen molar-refractivity contribution in [2.24, 2.45) is 0 Å². The van der Waals surface area contributed by atoms with Crippen molar-refractivity contribution in [3.8, 4) is 11.5 Å². The van der Waals surface area contributed by atoms with Gasteiger partial charge in [0, 0.05) is 12.1 Å². The molecule has 122 valence electrons. The second-order valence-corrected chi connectivity index (χ2v) is 5.68. The van der Waals surface area contributed by atoms with Gasteiger partial charge in [-0.2, -0.15) is 0 Å². The standard InChI is InChI=1S/C17H26N2O3/c1-21-14-9-10-16(22-2)15(11-14)18-12-17(20)19-13-7-5-3-4-6-8-13/h9-11,13,18H,3-8,12H2,1-2H3,(H,19,20). The third-order valence-electron chi connectivity index (χ3n) is 4.07. The Bertz CT molecular complexity index is 483. The summed E-state index contributed by atoms with van der Waals surface area (Å²) in [4.78, 5) is 12.1.